The molecule has 1 aromatic rings. The second-order valence-electron chi connectivity index (χ2n) is 3.92. The third-order valence-corrected chi connectivity index (χ3v) is 3.04. The smallest absolute Gasteiger partial charge is 0.269 e. The van der Waals surface area contributed by atoms with E-state index in [9.17, 15) is 14.9 Å². The summed E-state index contributed by atoms with van der Waals surface area (Å²) in [4.78, 5) is 21.3. The molecule has 1 aliphatic rings. The van der Waals surface area contributed by atoms with E-state index in [1.165, 1.54) is 6.07 Å². The maximum atomic E-state index is 11.1. The van der Waals surface area contributed by atoms with E-state index in [4.69, 9.17) is 0 Å². The topological polar surface area (TPSA) is 60.2 Å². The van der Waals surface area contributed by atoms with Crippen LogP contribution in [0.15, 0.2) is 24.3 Å². The van der Waals surface area contributed by atoms with Crippen molar-refractivity contribution < 1.29 is 9.72 Å². The van der Waals surface area contributed by atoms with Gasteiger partial charge in [0.2, 0.25) is 0 Å². The molecule has 1 fully saturated rings. The molecular formula is C11H11NO3. The van der Waals surface area contributed by atoms with Gasteiger partial charge < -0.3 is 0 Å². The van der Waals surface area contributed by atoms with Crippen LogP contribution < -0.4 is 0 Å². The van der Waals surface area contributed by atoms with Gasteiger partial charge in [-0.25, -0.2) is 0 Å². The van der Waals surface area contributed by atoms with Gasteiger partial charge >= 0.3 is 0 Å². The number of carbonyl (C=O) groups excluding carboxylic acids is 1. The summed E-state index contributed by atoms with van der Waals surface area (Å²) >= 11 is 0. The summed E-state index contributed by atoms with van der Waals surface area (Å²) in [5.41, 5.74) is 0.996. The number of ketones is 1. The lowest BCUT2D eigenvalue weighted by molar-refractivity contribution is -0.384. The van der Waals surface area contributed by atoms with Crippen molar-refractivity contribution in [3.8, 4) is 0 Å². The first kappa shape index (κ1) is 9.83. The van der Waals surface area contributed by atoms with Gasteiger partial charge in [-0.1, -0.05) is 19.1 Å². The molecule has 4 heteroatoms. The Balaban J connectivity index is 2.26. The van der Waals surface area contributed by atoms with Crippen LogP contribution in [0.1, 0.15) is 24.8 Å². The zero-order chi connectivity index (χ0) is 11.0. The molecule has 2 unspecified atom stereocenters. The molecule has 0 N–H and O–H groups in total. The monoisotopic (exact) mass is 205 g/mol. The van der Waals surface area contributed by atoms with Gasteiger partial charge in [-0.15, -0.1) is 0 Å². The summed E-state index contributed by atoms with van der Waals surface area (Å²) < 4.78 is 0. The number of hydrogen-bond donors (Lipinski definition) is 0. The fourth-order valence-electron chi connectivity index (χ4n) is 1.92. The van der Waals surface area contributed by atoms with E-state index < -0.39 is 4.92 Å². The Bertz CT molecular complexity index is 428. The van der Waals surface area contributed by atoms with Crippen LogP contribution in [0.5, 0.6) is 0 Å². The molecule has 0 saturated heterocycles. The molecule has 0 heterocycles. The lowest BCUT2D eigenvalue weighted by atomic mass is 9.70. The first-order valence-corrected chi connectivity index (χ1v) is 4.86. The zero-order valence-electron chi connectivity index (χ0n) is 8.34. The fraction of sp³-hybridized carbons (Fsp3) is 0.364. The Hall–Kier alpha value is -1.71. The SMILES string of the molecule is CC1C(=O)CC1c1cccc([N+](=O)[O-])c1. The van der Waals surface area contributed by atoms with Crippen LogP contribution in [-0.4, -0.2) is 10.7 Å². The standard InChI is InChI=1S/C11H11NO3/c1-7-10(6-11(7)13)8-3-2-4-9(5-8)12(14)15/h2-5,7,10H,6H2,1H3. The Morgan fingerprint density at radius 2 is 2.20 bits per heavy atom. The Morgan fingerprint density at radius 3 is 2.73 bits per heavy atom. The minimum absolute atomic E-state index is 0.00649. The van der Waals surface area contributed by atoms with Crippen molar-refractivity contribution in [3.05, 3.63) is 39.9 Å². The number of nitro groups is 1. The molecule has 78 valence electrons. The van der Waals surface area contributed by atoms with Gasteiger partial charge in [0.05, 0.1) is 4.92 Å². The number of rotatable bonds is 2. The number of hydrogen-bond acceptors (Lipinski definition) is 3. The second-order valence-corrected chi connectivity index (χ2v) is 3.92. The third kappa shape index (κ3) is 1.63. The molecule has 0 aromatic heterocycles. The van der Waals surface area contributed by atoms with E-state index in [2.05, 4.69) is 0 Å². The van der Waals surface area contributed by atoms with Crippen LogP contribution in [0.3, 0.4) is 0 Å². The number of carbonyl (C=O) groups is 1. The second kappa shape index (κ2) is 3.46. The number of Topliss-reactive ketones (excluding diaryl/α,β-unsaturated/α-hetero) is 1. The van der Waals surface area contributed by atoms with Crippen molar-refractivity contribution in [2.24, 2.45) is 5.92 Å². The maximum Gasteiger partial charge on any atom is 0.269 e. The predicted molar refractivity (Wildman–Crippen MR) is 54.6 cm³/mol. The van der Waals surface area contributed by atoms with Crippen LogP contribution in [-0.2, 0) is 4.79 Å². The minimum atomic E-state index is -0.408. The van der Waals surface area contributed by atoms with Gasteiger partial charge in [0, 0.05) is 30.4 Å². The summed E-state index contributed by atoms with van der Waals surface area (Å²) in [5, 5.41) is 10.6. The molecule has 2 rings (SSSR count). The minimum Gasteiger partial charge on any atom is -0.299 e. The van der Waals surface area contributed by atoms with Gasteiger partial charge in [-0.3, -0.25) is 14.9 Å². The lowest BCUT2D eigenvalue weighted by Gasteiger charge is -2.32. The van der Waals surface area contributed by atoms with Gasteiger partial charge in [-0.05, 0) is 5.56 Å². The van der Waals surface area contributed by atoms with E-state index in [0.29, 0.717) is 6.42 Å². The largest absolute Gasteiger partial charge is 0.299 e. The number of nitro benzene ring substituents is 1. The summed E-state index contributed by atoms with van der Waals surface area (Å²) in [6.45, 7) is 1.87. The number of benzene rings is 1. The molecule has 0 spiro atoms. The summed E-state index contributed by atoms with van der Waals surface area (Å²) in [6.07, 6.45) is 0.516. The molecular weight excluding hydrogens is 194 g/mol. The van der Waals surface area contributed by atoms with Gasteiger partial charge in [-0.2, -0.15) is 0 Å². The highest BCUT2D eigenvalue weighted by Gasteiger charge is 2.37. The van der Waals surface area contributed by atoms with E-state index in [-0.39, 0.29) is 23.3 Å². The maximum absolute atomic E-state index is 11.1. The van der Waals surface area contributed by atoms with Crippen molar-refractivity contribution in [2.75, 3.05) is 0 Å². The Morgan fingerprint density at radius 1 is 1.47 bits per heavy atom. The Kier molecular flexibility index (Phi) is 2.26. The van der Waals surface area contributed by atoms with Crippen molar-refractivity contribution in [3.63, 3.8) is 0 Å². The lowest BCUT2D eigenvalue weighted by Crippen LogP contribution is -2.32. The van der Waals surface area contributed by atoms with Gasteiger partial charge in [0.1, 0.15) is 5.78 Å². The molecule has 0 amide bonds. The molecule has 0 radical (unpaired) electrons. The quantitative estimate of drug-likeness (QED) is 0.549. The highest BCUT2D eigenvalue weighted by molar-refractivity contribution is 5.89. The van der Waals surface area contributed by atoms with Crippen molar-refractivity contribution in [1.82, 2.24) is 0 Å². The van der Waals surface area contributed by atoms with Crippen LogP contribution in [0.4, 0.5) is 5.69 Å². The van der Waals surface area contributed by atoms with Gasteiger partial charge in [0.25, 0.3) is 5.69 Å². The van der Waals surface area contributed by atoms with E-state index in [1.54, 1.807) is 12.1 Å². The van der Waals surface area contributed by atoms with Crippen LogP contribution in [0.2, 0.25) is 0 Å². The molecule has 2 atom stereocenters. The van der Waals surface area contributed by atoms with Crippen LogP contribution in [0.25, 0.3) is 0 Å². The summed E-state index contributed by atoms with van der Waals surface area (Å²) in [6, 6.07) is 6.55. The first-order valence-electron chi connectivity index (χ1n) is 4.86. The summed E-state index contributed by atoms with van der Waals surface area (Å²) in [7, 11) is 0. The highest BCUT2D eigenvalue weighted by atomic mass is 16.6. The summed E-state index contributed by atoms with van der Waals surface area (Å²) in [5.74, 6) is 0.413. The zero-order valence-corrected chi connectivity index (χ0v) is 8.34. The number of non-ortho nitro benzene ring substituents is 1. The van der Waals surface area contributed by atoms with Gasteiger partial charge in [0.15, 0.2) is 0 Å². The molecule has 4 nitrogen and oxygen atoms in total. The molecule has 15 heavy (non-hydrogen) atoms. The van der Waals surface area contributed by atoms with Crippen molar-refractivity contribution in [1.29, 1.82) is 0 Å². The van der Waals surface area contributed by atoms with Crippen LogP contribution >= 0.6 is 0 Å². The van der Waals surface area contributed by atoms with Crippen molar-refractivity contribution >= 4 is 11.5 Å². The highest BCUT2D eigenvalue weighted by Crippen LogP contribution is 2.39. The van der Waals surface area contributed by atoms with E-state index >= 15 is 0 Å². The third-order valence-electron chi connectivity index (χ3n) is 3.04. The average Bonchev–Trinajstić information content (AvgIpc) is 2.25. The molecule has 1 aromatic carbocycles. The molecule has 0 bridgehead atoms. The fourth-order valence-corrected chi connectivity index (χ4v) is 1.92. The van der Waals surface area contributed by atoms with Crippen LogP contribution in [0, 0.1) is 16.0 Å². The molecule has 1 aliphatic carbocycles. The molecule has 1 saturated carbocycles. The van der Waals surface area contributed by atoms with Crippen molar-refractivity contribution in [2.45, 2.75) is 19.3 Å². The average molecular weight is 205 g/mol. The van der Waals surface area contributed by atoms with E-state index in [0.717, 1.165) is 5.56 Å². The van der Waals surface area contributed by atoms with E-state index in [1.807, 2.05) is 13.0 Å². The first-order chi connectivity index (χ1) is 7.09. The Labute approximate surface area is 87.1 Å². The number of nitrogens with zero attached hydrogens (tertiary/aromatic N) is 1. The predicted octanol–water partition coefficient (Wildman–Crippen LogP) is 2.29. The molecule has 0 aliphatic heterocycles. The normalized spacial score (nSPS) is 24.7.